The van der Waals surface area contributed by atoms with Gasteiger partial charge in [0.05, 0.1) is 0 Å². The second-order valence-electron chi connectivity index (χ2n) is 0.606. The number of carbonyl (C=O) groups is 1. The number of primary amides is 1. The molecule has 0 aromatic carbocycles. The number of hydrogen-bond acceptors (Lipinski definition) is 1. The van der Waals surface area contributed by atoms with Crippen LogP contribution in [0.2, 0.25) is 0 Å². The maximum atomic E-state index is 9.47. The molecule has 0 atom stereocenters. The minimum Gasteiger partial charge on any atom is -0.366 e. The van der Waals surface area contributed by atoms with Crippen molar-refractivity contribution in [2.24, 2.45) is 5.73 Å². The van der Waals surface area contributed by atoms with Crippen molar-refractivity contribution in [3.8, 4) is 0 Å². The van der Waals surface area contributed by atoms with Gasteiger partial charge in [0.25, 0.3) is 0 Å². The molecule has 0 heterocycles. The molecular formula is C4H9NO. The van der Waals surface area contributed by atoms with Gasteiger partial charge in [-0.1, -0.05) is 14.0 Å². The van der Waals surface area contributed by atoms with Crippen LogP contribution in [-0.2, 0) is 4.79 Å². The number of carbonyl (C=O) groups excluding carboxylic acids is 1. The van der Waals surface area contributed by atoms with Crippen molar-refractivity contribution in [2.45, 2.75) is 7.43 Å². The van der Waals surface area contributed by atoms with E-state index in [0.717, 1.165) is 6.08 Å². The van der Waals surface area contributed by atoms with Crippen molar-refractivity contribution in [1.29, 1.82) is 0 Å². The summed E-state index contributed by atoms with van der Waals surface area (Å²) in [4.78, 5) is 9.47. The third-order valence-electron chi connectivity index (χ3n) is 0.201. The minimum absolute atomic E-state index is 0. The van der Waals surface area contributed by atoms with Crippen LogP contribution in [0.4, 0.5) is 0 Å². The van der Waals surface area contributed by atoms with Gasteiger partial charge in [0.1, 0.15) is 0 Å². The molecule has 0 fully saturated rings. The van der Waals surface area contributed by atoms with E-state index in [9.17, 15) is 4.79 Å². The Morgan fingerprint density at radius 2 is 2.00 bits per heavy atom. The summed E-state index contributed by atoms with van der Waals surface area (Å²) in [7, 11) is 0. The molecule has 0 saturated carbocycles. The summed E-state index contributed by atoms with van der Waals surface area (Å²) < 4.78 is 0. The molecule has 2 heteroatoms. The van der Waals surface area contributed by atoms with Crippen molar-refractivity contribution < 1.29 is 4.79 Å². The van der Waals surface area contributed by atoms with Gasteiger partial charge < -0.3 is 5.73 Å². The smallest absolute Gasteiger partial charge is 0.240 e. The fourth-order valence-electron chi connectivity index (χ4n) is 0. The first-order valence-electron chi connectivity index (χ1n) is 1.19. The number of amides is 1. The van der Waals surface area contributed by atoms with Crippen LogP contribution >= 0.6 is 0 Å². The molecule has 36 valence electrons. The van der Waals surface area contributed by atoms with Crippen LogP contribution in [0.3, 0.4) is 0 Å². The van der Waals surface area contributed by atoms with Crippen LogP contribution < -0.4 is 5.73 Å². The molecule has 0 rings (SSSR count). The van der Waals surface area contributed by atoms with Gasteiger partial charge in [0.2, 0.25) is 5.91 Å². The molecule has 0 aromatic heterocycles. The zero-order valence-corrected chi connectivity index (χ0v) is 2.77. The van der Waals surface area contributed by atoms with E-state index in [0.29, 0.717) is 0 Å². The molecule has 1 amide bonds. The molecule has 0 spiro atoms. The van der Waals surface area contributed by atoms with Crippen LogP contribution in [0.1, 0.15) is 7.43 Å². The summed E-state index contributed by atoms with van der Waals surface area (Å²) in [5.74, 6) is -0.481. The van der Waals surface area contributed by atoms with E-state index in [4.69, 9.17) is 0 Å². The van der Waals surface area contributed by atoms with E-state index < -0.39 is 5.91 Å². The Labute approximate surface area is 37.7 Å². The number of rotatable bonds is 1. The van der Waals surface area contributed by atoms with Crippen LogP contribution in [0.15, 0.2) is 12.7 Å². The highest BCUT2D eigenvalue weighted by molar-refractivity contribution is 5.84. The first-order valence-corrected chi connectivity index (χ1v) is 1.19. The number of nitrogens with two attached hydrogens (primary N) is 1. The largest absolute Gasteiger partial charge is 0.366 e. The first kappa shape index (κ1) is 8.96. The summed E-state index contributed by atoms with van der Waals surface area (Å²) in [5.41, 5.74) is 4.53. The van der Waals surface area contributed by atoms with Crippen molar-refractivity contribution >= 4 is 5.91 Å². The molecule has 0 aliphatic carbocycles. The van der Waals surface area contributed by atoms with Crippen LogP contribution in [0, 0.1) is 0 Å². The molecule has 0 saturated heterocycles. The zero-order valence-electron chi connectivity index (χ0n) is 2.77. The van der Waals surface area contributed by atoms with Crippen molar-refractivity contribution in [3.05, 3.63) is 12.7 Å². The molecule has 0 aliphatic heterocycles. The van der Waals surface area contributed by atoms with E-state index >= 15 is 0 Å². The number of hydrogen-bond donors (Lipinski definition) is 1. The highest BCUT2D eigenvalue weighted by Gasteiger charge is 1.69. The van der Waals surface area contributed by atoms with E-state index in [1.54, 1.807) is 0 Å². The topological polar surface area (TPSA) is 43.1 Å². The van der Waals surface area contributed by atoms with Crippen molar-refractivity contribution in [2.75, 3.05) is 0 Å². The predicted molar refractivity (Wildman–Crippen MR) is 26.1 cm³/mol. The third-order valence-corrected chi connectivity index (χ3v) is 0.201. The molecule has 0 aromatic rings. The standard InChI is InChI=1S/C3H5NO.CH4/c1-2-3(4)5;/h2H,1H2,(H2,4,5);1H4/i;1-2. The second-order valence-corrected chi connectivity index (χ2v) is 0.606. The van der Waals surface area contributed by atoms with Gasteiger partial charge in [-0.15, -0.1) is 0 Å². The lowest BCUT2D eigenvalue weighted by molar-refractivity contribution is -0.113. The monoisotopic (exact) mass is 85.1 g/mol. The zero-order chi connectivity index (χ0) is 4.28. The average molecular weight is 85.1 g/mol. The maximum Gasteiger partial charge on any atom is 0.240 e. The van der Waals surface area contributed by atoms with Crippen LogP contribution in [-0.4, -0.2) is 5.91 Å². The van der Waals surface area contributed by atoms with Gasteiger partial charge in [-0.3, -0.25) is 4.79 Å². The molecular weight excluding hydrogens is 76.1 g/mol. The Morgan fingerprint density at radius 1 is 1.83 bits per heavy atom. The summed E-state index contributed by atoms with van der Waals surface area (Å²) in [5, 5.41) is 0. The quantitative estimate of drug-likeness (QED) is 0.457. The molecule has 0 radical (unpaired) electrons. The Hall–Kier alpha value is -0.790. The minimum atomic E-state index is -0.481. The van der Waals surface area contributed by atoms with Gasteiger partial charge >= 0.3 is 0 Å². The molecule has 2 N–H and O–H groups in total. The molecule has 2 nitrogen and oxygen atoms in total. The maximum absolute atomic E-state index is 9.47. The van der Waals surface area contributed by atoms with Gasteiger partial charge in [-0.2, -0.15) is 0 Å². The summed E-state index contributed by atoms with van der Waals surface area (Å²) in [6.07, 6.45) is 1.06. The van der Waals surface area contributed by atoms with Crippen molar-refractivity contribution in [1.82, 2.24) is 0 Å². The lowest BCUT2D eigenvalue weighted by Crippen LogP contribution is -2.04. The van der Waals surface area contributed by atoms with Gasteiger partial charge in [-0.05, 0) is 6.08 Å². The normalized spacial score (nSPS) is 5.33. The van der Waals surface area contributed by atoms with Crippen LogP contribution in [0.5, 0.6) is 0 Å². The first-order chi connectivity index (χ1) is 2.27. The summed E-state index contributed by atoms with van der Waals surface area (Å²) in [6.45, 7) is 3.09. The summed E-state index contributed by atoms with van der Waals surface area (Å²) in [6, 6.07) is 0. The van der Waals surface area contributed by atoms with E-state index in [-0.39, 0.29) is 7.43 Å². The molecule has 0 unspecified atom stereocenters. The highest BCUT2D eigenvalue weighted by atomic mass is 16.1. The van der Waals surface area contributed by atoms with Crippen LogP contribution in [0.25, 0.3) is 0 Å². The lowest BCUT2D eigenvalue weighted by Gasteiger charge is -1.65. The molecule has 0 bridgehead atoms. The second kappa shape index (κ2) is 4.21. The Kier molecular flexibility index (Phi) is 6.29. The highest BCUT2D eigenvalue weighted by Crippen LogP contribution is 1.48. The Morgan fingerprint density at radius 3 is 2.00 bits per heavy atom. The van der Waals surface area contributed by atoms with Crippen molar-refractivity contribution in [3.63, 3.8) is 0 Å². The predicted octanol–water partition coefficient (Wildman–Crippen LogP) is 0.294. The van der Waals surface area contributed by atoms with Gasteiger partial charge in [-0.25, -0.2) is 0 Å². The fraction of sp³-hybridized carbons (Fsp3) is 0.250. The third kappa shape index (κ3) is 10.7. The van der Waals surface area contributed by atoms with E-state index in [2.05, 4.69) is 12.3 Å². The molecule has 0 aliphatic rings. The fourth-order valence-corrected chi connectivity index (χ4v) is 0. The van der Waals surface area contributed by atoms with Gasteiger partial charge in [0, 0.05) is 0 Å². The van der Waals surface area contributed by atoms with E-state index in [1.165, 1.54) is 0 Å². The molecule has 6 heavy (non-hydrogen) atoms. The SMILES string of the molecule is C=CC(N)=O.[10CH4]. The lowest BCUT2D eigenvalue weighted by atomic mass is 10.0. The Balaban J connectivity index is 0. The summed E-state index contributed by atoms with van der Waals surface area (Å²) >= 11 is 0. The Bertz CT molecular complexity index is 58.6. The van der Waals surface area contributed by atoms with E-state index in [1.807, 2.05) is 0 Å². The van der Waals surface area contributed by atoms with Gasteiger partial charge in [0.15, 0.2) is 0 Å². The average Bonchev–Trinajstić information content (AvgIpc) is 1.38.